The predicted molar refractivity (Wildman–Crippen MR) is 47.8 cm³/mol. The molecule has 3 nitrogen and oxygen atoms in total. The average Bonchev–Trinajstić information content (AvgIpc) is 1.80. The Kier molecular flexibility index (Phi) is 3.89. The van der Waals surface area contributed by atoms with Gasteiger partial charge in [0.25, 0.3) is 0 Å². The van der Waals surface area contributed by atoms with Crippen molar-refractivity contribution >= 4 is 17.7 Å². The van der Waals surface area contributed by atoms with Gasteiger partial charge in [0.15, 0.2) is 0 Å². The first-order valence-electron chi connectivity index (χ1n) is 3.47. The van der Waals surface area contributed by atoms with E-state index in [2.05, 4.69) is 0 Å². The van der Waals surface area contributed by atoms with Gasteiger partial charge in [-0.3, -0.25) is 4.79 Å². The highest BCUT2D eigenvalue weighted by Crippen LogP contribution is 2.27. The first-order valence-corrected chi connectivity index (χ1v) is 4.35. The standard InChI is InChI=1S/C7H15NO2S/c1-7(2,3)11-5(4-8)6(9)10/h5H,4,8H2,1-3H3,(H,9,10)/t5-/m0/s1. The third-order valence-corrected chi connectivity index (χ3v) is 2.37. The van der Waals surface area contributed by atoms with E-state index in [0.717, 1.165) is 0 Å². The average molecular weight is 177 g/mol. The van der Waals surface area contributed by atoms with Crippen LogP contribution in [0.4, 0.5) is 0 Å². The van der Waals surface area contributed by atoms with Gasteiger partial charge in [-0.05, 0) is 0 Å². The molecule has 0 rings (SSSR count). The van der Waals surface area contributed by atoms with Crippen molar-refractivity contribution in [2.45, 2.75) is 30.8 Å². The summed E-state index contributed by atoms with van der Waals surface area (Å²) in [4.78, 5) is 10.5. The number of hydrogen-bond acceptors (Lipinski definition) is 3. The molecule has 0 aliphatic heterocycles. The first kappa shape index (κ1) is 10.8. The summed E-state index contributed by atoms with van der Waals surface area (Å²) in [7, 11) is 0. The maximum Gasteiger partial charge on any atom is 0.317 e. The molecular weight excluding hydrogens is 162 g/mol. The molecular formula is C7H15NO2S. The summed E-state index contributed by atoms with van der Waals surface area (Å²) in [5, 5.41) is 8.16. The quantitative estimate of drug-likeness (QED) is 0.673. The molecule has 4 heteroatoms. The summed E-state index contributed by atoms with van der Waals surface area (Å²) < 4.78 is -0.0393. The van der Waals surface area contributed by atoms with E-state index in [0.29, 0.717) is 0 Å². The van der Waals surface area contributed by atoms with Crippen molar-refractivity contribution in [1.29, 1.82) is 0 Å². The fourth-order valence-electron chi connectivity index (χ4n) is 0.626. The monoisotopic (exact) mass is 177 g/mol. The van der Waals surface area contributed by atoms with Crippen LogP contribution in [-0.2, 0) is 4.79 Å². The molecule has 0 aromatic carbocycles. The molecule has 0 fully saturated rings. The Morgan fingerprint density at radius 3 is 2.18 bits per heavy atom. The van der Waals surface area contributed by atoms with Gasteiger partial charge in [0.2, 0.25) is 0 Å². The van der Waals surface area contributed by atoms with E-state index >= 15 is 0 Å². The minimum absolute atomic E-state index is 0.0393. The minimum atomic E-state index is -0.826. The van der Waals surface area contributed by atoms with Gasteiger partial charge in [-0.2, -0.15) is 0 Å². The summed E-state index contributed by atoms with van der Waals surface area (Å²) in [5.74, 6) is -0.826. The number of hydrogen-bond donors (Lipinski definition) is 2. The molecule has 0 aromatic rings. The number of carbonyl (C=O) groups is 1. The van der Waals surface area contributed by atoms with E-state index in [-0.39, 0.29) is 11.3 Å². The van der Waals surface area contributed by atoms with Gasteiger partial charge >= 0.3 is 5.97 Å². The Labute approximate surface area is 71.3 Å². The Morgan fingerprint density at radius 1 is 1.64 bits per heavy atom. The van der Waals surface area contributed by atoms with E-state index in [1.54, 1.807) is 0 Å². The van der Waals surface area contributed by atoms with Crippen LogP contribution in [0, 0.1) is 0 Å². The van der Waals surface area contributed by atoms with Crippen LogP contribution >= 0.6 is 11.8 Å². The topological polar surface area (TPSA) is 63.3 Å². The Hall–Kier alpha value is -0.220. The lowest BCUT2D eigenvalue weighted by Crippen LogP contribution is -2.30. The summed E-state index contributed by atoms with van der Waals surface area (Å²) in [6, 6.07) is 0. The minimum Gasteiger partial charge on any atom is -0.480 e. The zero-order valence-corrected chi connectivity index (χ0v) is 7.94. The normalized spacial score (nSPS) is 14.5. The van der Waals surface area contributed by atoms with Crippen LogP contribution in [0.2, 0.25) is 0 Å². The Morgan fingerprint density at radius 2 is 2.09 bits per heavy atom. The smallest absolute Gasteiger partial charge is 0.317 e. The molecule has 0 unspecified atom stereocenters. The maximum absolute atomic E-state index is 10.5. The van der Waals surface area contributed by atoms with Gasteiger partial charge in [0.05, 0.1) is 0 Å². The second kappa shape index (κ2) is 3.97. The van der Waals surface area contributed by atoms with Crippen LogP contribution in [0.15, 0.2) is 0 Å². The lowest BCUT2D eigenvalue weighted by molar-refractivity contribution is -0.136. The first-order chi connectivity index (χ1) is 4.87. The summed E-state index contributed by atoms with van der Waals surface area (Å²) in [5.41, 5.74) is 5.28. The second-order valence-electron chi connectivity index (χ2n) is 3.29. The number of rotatable bonds is 3. The van der Waals surface area contributed by atoms with E-state index in [9.17, 15) is 4.79 Å². The highest BCUT2D eigenvalue weighted by molar-refractivity contribution is 8.01. The van der Waals surface area contributed by atoms with E-state index < -0.39 is 11.2 Å². The third-order valence-electron chi connectivity index (χ3n) is 0.985. The molecule has 0 heterocycles. The van der Waals surface area contributed by atoms with E-state index in [1.807, 2.05) is 20.8 Å². The van der Waals surface area contributed by atoms with Gasteiger partial charge in [0, 0.05) is 11.3 Å². The van der Waals surface area contributed by atoms with Crippen LogP contribution in [0.5, 0.6) is 0 Å². The molecule has 0 saturated heterocycles. The fourth-order valence-corrected chi connectivity index (χ4v) is 1.68. The predicted octanol–water partition coefficient (Wildman–Crippen LogP) is 0.930. The maximum atomic E-state index is 10.5. The van der Waals surface area contributed by atoms with Crippen molar-refractivity contribution in [1.82, 2.24) is 0 Å². The molecule has 0 radical (unpaired) electrons. The van der Waals surface area contributed by atoms with Gasteiger partial charge in [-0.25, -0.2) is 0 Å². The van der Waals surface area contributed by atoms with Crippen molar-refractivity contribution in [2.24, 2.45) is 5.73 Å². The number of carboxylic acid groups (broad SMARTS) is 1. The van der Waals surface area contributed by atoms with Crippen molar-refractivity contribution in [3.63, 3.8) is 0 Å². The summed E-state index contributed by atoms with van der Waals surface area (Å²) in [6.07, 6.45) is 0. The van der Waals surface area contributed by atoms with Crippen molar-refractivity contribution in [3.8, 4) is 0 Å². The molecule has 0 spiro atoms. The largest absolute Gasteiger partial charge is 0.480 e. The number of nitrogens with two attached hydrogens (primary N) is 1. The second-order valence-corrected chi connectivity index (χ2v) is 5.32. The van der Waals surface area contributed by atoms with Crippen molar-refractivity contribution < 1.29 is 9.90 Å². The molecule has 0 aliphatic rings. The molecule has 0 bridgehead atoms. The highest BCUT2D eigenvalue weighted by atomic mass is 32.2. The van der Waals surface area contributed by atoms with Gasteiger partial charge in [0.1, 0.15) is 5.25 Å². The van der Waals surface area contributed by atoms with E-state index in [1.165, 1.54) is 11.8 Å². The fraction of sp³-hybridized carbons (Fsp3) is 0.857. The molecule has 1 atom stereocenters. The van der Waals surface area contributed by atoms with Crippen molar-refractivity contribution in [2.75, 3.05) is 6.54 Å². The zero-order chi connectivity index (χ0) is 9.07. The Balaban J connectivity index is 3.99. The summed E-state index contributed by atoms with van der Waals surface area (Å²) >= 11 is 1.39. The lowest BCUT2D eigenvalue weighted by Gasteiger charge is -2.21. The molecule has 0 amide bonds. The SMILES string of the molecule is CC(C)(C)S[C@@H](CN)C(=O)O. The molecule has 3 N–H and O–H groups in total. The van der Waals surface area contributed by atoms with Crippen LogP contribution < -0.4 is 5.73 Å². The molecule has 0 saturated carbocycles. The summed E-state index contributed by atoms with van der Waals surface area (Å²) in [6.45, 7) is 6.12. The number of carboxylic acids is 1. The number of aliphatic carboxylic acids is 1. The molecule has 0 aromatic heterocycles. The molecule has 11 heavy (non-hydrogen) atoms. The van der Waals surface area contributed by atoms with Gasteiger partial charge in [-0.15, -0.1) is 11.8 Å². The van der Waals surface area contributed by atoms with Crippen LogP contribution in [-0.4, -0.2) is 27.6 Å². The van der Waals surface area contributed by atoms with Crippen LogP contribution in [0.1, 0.15) is 20.8 Å². The third kappa shape index (κ3) is 5.09. The van der Waals surface area contributed by atoms with Gasteiger partial charge in [-0.1, -0.05) is 20.8 Å². The molecule has 0 aliphatic carbocycles. The lowest BCUT2D eigenvalue weighted by atomic mass is 10.3. The van der Waals surface area contributed by atoms with Crippen molar-refractivity contribution in [3.05, 3.63) is 0 Å². The molecule has 66 valence electrons. The Bertz CT molecular complexity index is 142. The highest BCUT2D eigenvalue weighted by Gasteiger charge is 2.23. The van der Waals surface area contributed by atoms with E-state index in [4.69, 9.17) is 10.8 Å². The van der Waals surface area contributed by atoms with Crippen LogP contribution in [0.25, 0.3) is 0 Å². The zero-order valence-electron chi connectivity index (χ0n) is 7.13. The van der Waals surface area contributed by atoms with Crippen LogP contribution in [0.3, 0.4) is 0 Å². The number of thioether (sulfide) groups is 1. The van der Waals surface area contributed by atoms with Gasteiger partial charge < -0.3 is 10.8 Å².